The highest BCUT2D eigenvalue weighted by Gasteiger charge is 2.63. The summed E-state index contributed by atoms with van der Waals surface area (Å²) in [5, 5.41) is 2.87. The molecule has 1 aliphatic heterocycles. The van der Waals surface area contributed by atoms with Gasteiger partial charge in [0, 0.05) is 6.04 Å². The summed E-state index contributed by atoms with van der Waals surface area (Å²) in [4.78, 5) is 2.36. The van der Waals surface area contributed by atoms with Crippen LogP contribution in [0.15, 0.2) is 0 Å². The number of nitrogens with one attached hydrogen (secondary N) is 1. The molecule has 0 bridgehead atoms. The molecule has 1 N–H and O–H groups in total. The Morgan fingerprint density at radius 3 is 2.22 bits per heavy atom. The molecule has 2 nitrogen and oxygen atoms in total. The summed E-state index contributed by atoms with van der Waals surface area (Å²) in [6, 6.07) is -0.0341. The van der Waals surface area contributed by atoms with Gasteiger partial charge in [0.1, 0.15) is 5.54 Å². The summed E-state index contributed by atoms with van der Waals surface area (Å²) < 4.78 is 38.6. The van der Waals surface area contributed by atoms with Gasteiger partial charge in [0.15, 0.2) is 0 Å². The molecule has 0 aromatic rings. The lowest BCUT2D eigenvalue weighted by atomic mass is 9.89. The molecular formula is C13H23F3N2. The Morgan fingerprint density at radius 1 is 1.28 bits per heavy atom. The van der Waals surface area contributed by atoms with Gasteiger partial charge in [-0.05, 0) is 58.2 Å². The summed E-state index contributed by atoms with van der Waals surface area (Å²) in [6.07, 6.45) is -1.58. The van der Waals surface area contributed by atoms with Crippen molar-refractivity contribution in [3.63, 3.8) is 0 Å². The van der Waals surface area contributed by atoms with Gasteiger partial charge in [0.25, 0.3) is 0 Å². The Balaban J connectivity index is 1.84. The topological polar surface area (TPSA) is 15.3 Å². The monoisotopic (exact) mass is 264 g/mol. The molecule has 0 aromatic carbocycles. The van der Waals surface area contributed by atoms with Crippen molar-refractivity contribution in [1.29, 1.82) is 0 Å². The highest BCUT2D eigenvalue weighted by Crippen LogP contribution is 2.49. The molecule has 1 atom stereocenters. The average Bonchev–Trinajstić information content (AvgIpc) is 3.09. The maximum atomic E-state index is 12.9. The van der Waals surface area contributed by atoms with Crippen molar-refractivity contribution < 1.29 is 13.2 Å². The van der Waals surface area contributed by atoms with E-state index in [-0.39, 0.29) is 18.9 Å². The van der Waals surface area contributed by atoms with Crippen LogP contribution in [0.25, 0.3) is 0 Å². The third-order valence-electron chi connectivity index (χ3n) is 4.58. The molecule has 1 heterocycles. The van der Waals surface area contributed by atoms with Gasteiger partial charge in [-0.1, -0.05) is 6.92 Å². The first-order chi connectivity index (χ1) is 8.38. The molecule has 1 saturated heterocycles. The van der Waals surface area contributed by atoms with E-state index in [0.717, 1.165) is 32.5 Å². The molecule has 1 aliphatic carbocycles. The van der Waals surface area contributed by atoms with E-state index in [1.54, 1.807) is 0 Å². The van der Waals surface area contributed by atoms with Crippen LogP contribution in [0.4, 0.5) is 13.2 Å². The van der Waals surface area contributed by atoms with Crippen LogP contribution >= 0.6 is 0 Å². The highest BCUT2D eigenvalue weighted by atomic mass is 19.4. The summed E-state index contributed by atoms with van der Waals surface area (Å²) in [5.41, 5.74) is -1.56. The number of alkyl halides is 3. The second-order valence-electron chi connectivity index (χ2n) is 5.78. The van der Waals surface area contributed by atoms with E-state index in [1.165, 1.54) is 0 Å². The van der Waals surface area contributed by atoms with Crippen LogP contribution < -0.4 is 5.32 Å². The Kier molecular flexibility index (Phi) is 3.93. The summed E-state index contributed by atoms with van der Waals surface area (Å²) in [7, 11) is 0. The van der Waals surface area contributed by atoms with Gasteiger partial charge in [-0.25, -0.2) is 0 Å². The maximum absolute atomic E-state index is 12.9. The number of hydrogen-bond donors (Lipinski definition) is 1. The van der Waals surface area contributed by atoms with E-state index in [0.29, 0.717) is 5.92 Å². The van der Waals surface area contributed by atoms with Gasteiger partial charge in [0.2, 0.25) is 0 Å². The molecule has 0 spiro atoms. The zero-order valence-electron chi connectivity index (χ0n) is 11.2. The largest absolute Gasteiger partial charge is 0.406 e. The fourth-order valence-electron chi connectivity index (χ4n) is 2.96. The molecule has 0 radical (unpaired) electrons. The lowest BCUT2D eigenvalue weighted by Gasteiger charge is -2.36. The van der Waals surface area contributed by atoms with Crippen LogP contribution in [0.2, 0.25) is 0 Å². The molecule has 5 heteroatoms. The van der Waals surface area contributed by atoms with E-state index in [9.17, 15) is 13.2 Å². The van der Waals surface area contributed by atoms with Crippen molar-refractivity contribution in [2.24, 2.45) is 5.92 Å². The lowest BCUT2D eigenvalue weighted by molar-refractivity contribution is -0.168. The molecule has 2 rings (SSSR count). The van der Waals surface area contributed by atoms with Gasteiger partial charge < -0.3 is 10.2 Å². The molecule has 18 heavy (non-hydrogen) atoms. The summed E-state index contributed by atoms with van der Waals surface area (Å²) in [5.74, 6) is 0.382. The number of piperidine rings is 1. The molecular weight excluding hydrogens is 241 g/mol. The second kappa shape index (κ2) is 5.00. The SMILES string of the molecule is CCN1CCC(C(C)NC2(C(F)(F)F)CC2)CC1. The number of hydrogen-bond acceptors (Lipinski definition) is 2. The third kappa shape index (κ3) is 2.82. The van der Waals surface area contributed by atoms with Crippen molar-refractivity contribution >= 4 is 0 Å². The van der Waals surface area contributed by atoms with Gasteiger partial charge in [0.05, 0.1) is 0 Å². The summed E-state index contributed by atoms with van der Waals surface area (Å²) >= 11 is 0. The normalized spacial score (nSPS) is 27.2. The minimum absolute atomic E-state index is 0.0341. The Labute approximate surface area is 107 Å². The summed E-state index contributed by atoms with van der Waals surface area (Å²) in [6.45, 7) is 7.13. The van der Waals surface area contributed by atoms with Gasteiger partial charge >= 0.3 is 6.18 Å². The second-order valence-corrected chi connectivity index (χ2v) is 5.78. The number of likely N-dealkylation sites (tertiary alicyclic amines) is 1. The van der Waals surface area contributed by atoms with E-state index in [4.69, 9.17) is 0 Å². The molecule has 1 unspecified atom stereocenters. The van der Waals surface area contributed by atoms with E-state index in [2.05, 4.69) is 17.1 Å². The van der Waals surface area contributed by atoms with E-state index < -0.39 is 11.7 Å². The van der Waals surface area contributed by atoms with Gasteiger partial charge in [-0.2, -0.15) is 13.2 Å². The minimum atomic E-state index is -4.09. The smallest absolute Gasteiger partial charge is 0.304 e. The van der Waals surface area contributed by atoms with Crippen LogP contribution in [0.3, 0.4) is 0 Å². The van der Waals surface area contributed by atoms with Crippen LogP contribution in [-0.4, -0.2) is 42.3 Å². The molecule has 1 saturated carbocycles. The van der Waals surface area contributed by atoms with Crippen LogP contribution in [0.1, 0.15) is 39.5 Å². The van der Waals surface area contributed by atoms with E-state index >= 15 is 0 Å². The molecule has 2 aliphatic rings. The van der Waals surface area contributed by atoms with Gasteiger partial charge in [-0.15, -0.1) is 0 Å². The van der Waals surface area contributed by atoms with Gasteiger partial charge in [-0.3, -0.25) is 0 Å². The molecule has 106 valence electrons. The third-order valence-corrected chi connectivity index (χ3v) is 4.58. The Morgan fingerprint density at radius 2 is 1.83 bits per heavy atom. The first-order valence-electron chi connectivity index (χ1n) is 6.95. The molecule has 2 fully saturated rings. The van der Waals surface area contributed by atoms with Crippen molar-refractivity contribution in [1.82, 2.24) is 10.2 Å². The van der Waals surface area contributed by atoms with Crippen LogP contribution in [0.5, 0.6) is 0 Å². The zero-order valence-corrected chi connectivity index (χ0v) is 11.2. The van der Waals surface area contributed by atoms with Crippen LogP contribution in [-0.2, 0) is 0 Å². The van der Waals surface area contributed by atoms with Crippen molar-refractivity contribution in [2.45, 2.75) is 57.3 Å². The minimum Gasteiger partial charge on any atom is -0.304 e. The predicted molar refractivity (Wildman–Crippen MR) is 65.5 cm³/mol. The lowest BCUT2D eigenvalue weighted by Crippen LogP contribution is -2.52. The number of rotatable bonds is 4. The molecule has 0 amide bonds. The predicted octanol–water partition coefficient (Wildman–Crippen LogP) is 2.79. The van der Waals surface area contributed by atoms with Crippen molar-refractivity contribution in [2.75, 3.05) is 19.6 Å². The number of halogens is 3. The average molecular weight is 264 g/mol. The van der Waals surface area contributed by atoms with Crippen molar-refractivity contribution in [3.05, 3.63) is 0 Å². The maximum Gasteiger partial charge on any atom is 0.406 e. The van der Waals surface area contributed by atoms with Crippen LogP contribution in [0, 0.1) is 5.92 Å². The quantitative estimate of drug-likeness (QED) is 0.840. The Hall–Kier alpha value is -0.290. The Bertz CT molecular complexity index is 278. The first-order valence-corrected chi connectivity index (χ1v) is 6.95. The highest BCUT2D eigenvalue weighted by molar-refractivity contribution is 5.09. The molecule has 0 aromatic heterocycles. The zero-order chi connectivity index (χ0) is 13.4. The van der Waals surface area contributed by atoms with E-state index in [1.807, 2.05) is 6.92 Å². The standard InChI is InChI=1S/C13H23F3N2/c1-3-18-8-4-11(5-9-18)10(2)17-12(6-7-12)13(14,15)16/h10-11,17H,3-9H2,1-2H3. The fraction of sp³-hybridized carbons (Fsp3) is 1.00. The fourth-order valence-corrected chi connectivity index (χ4v) is 2.96. The first kappa shape index (κ1) is 14.1. The number of nitrogens with zero attached hydrogens (tertiary/aromatic N) is 1. The van der Waals surface area contributed by atoms with Crippen molar-refractivity contribution in [3.8, 4) is 0 Å².